The Hall–Kier alpha value is -3.26. The van der Waals surface area contributed by atoms with Gasteiger partial charge in [0.05, 0.1) is 6.20 Å². The SMILES string of the molecule is O=C(COC(=O)c1cccnc1Oc1cccnc1)NCCc1cccs1. The number of rotatable bonds is 8. The monoisotopic (exact) mass is 383 g/mol. The number of esters is 1. The van der Waals surface area contributed by atoms with Crippen molar-refractivity contribution < 1.29 is 19.1 Å². The Morgan fingerprint density at radius 1 is 1.11 bits per heavy atom. The Balaban J connectivity index is 1.51. The average Bonchev–Trinajstić information content (AvgIpc) is 3.21. The van der Waals surface area contributed by atoms with Gasteiger partial charge >= 0.3 is 5.97 Å². The van der Waals surface area contributed by atoms with Crippen molar-refractivity contribution in [2.75, 3.05) is 13.2 Å². The Bertz CT molecular complexity index is 885. The molecule has 0 aliphatic heterocycles. The second-order valence-electron chi connectivity index (χ2n) is 5.40. The van der Waals surface area contributed by atoms with E-state index in [4.69, 9.17) is 9.47 Å². The van der Waals surface area contributed by atoms with Crippen molar-refractivity contribution >= 4 is 23.2 Å². The van der Waals surface area contributed by atoms with Gasteiger partial charge in [0.15, 0.2) is 6.61 Å². The molecule has 1 N–H and O–H groups in total. The van der Waals surface area contributed by atoms with E-state index in [9.17, 15) is 9.59 Å². The van der Waals surface area contributed by atoms with Gasteiger partial charge in [0, 0.05) is 23.8 Å². The first-order valence-corrected chi connectivity index (χ1v) is 9.09. The minimum Gasteiger partial charge on any atom is -0.452 e. The summed E-state index contributed by atoms with van der Waals surface area (Å²) in [6, 6.07) is 10.5. The number of thiophene rings is 1. The molecular formula is C19H17N3O4S. The van der Waals surface area contributed by atoms with Gasteiger partial charge in [-0.3, -0.25) is 9.78 Å². The zero-order chi connectivity index (χ0) is 18.9. The third-order valence-electron chi connectivity index (χ3n) is 3.45. The van der Waals surface area contributed by atoms with E-state index in [0.29, 0.717) is 12.3 Å². The van der Waals surface area contributed by atoms with Crippen LogP contribution in [-0.2, 0) is 16.0 Å². The third-order valence-corrected chi connectivity index (χ3v) is 4.38. The van der Waals surface area contributed by atoms with E-state index in [1.54, 1.807) is 35.7 Å². The van der Waals surface area contributed by atoms with Gasteiger partial charge in [0.2, 0.25) is 5.88 Å². The summed E-state index contributed by atoms with van der Waals surface area (Å²) in [5.74, 6) is -0.515. The molecule has 0 atom stereocenters. The molecule has 138 valence electrons. The smallest absolute Gasteiger partial charge is 0.344 e. The van der Waals surface area contributed by atoms with Gasteiger partial charge < -0.3 is 14.8 Å². The van der Waals surface area contributed by atoms with Gasteiger partial charge in [-0.1, -0.05) is 6.07 Å². The van der Waals surface area contributed by atoms with E-state index in [1.807, 2.05) is 17.5 Å². The summed E-state index contributed by atoms with van der Waals surface area (Å²) in [7, 11) is 0. The molecule has 0 aromatic carbocycles. The van der Waals surface area contributed by atoms with Crippen LogP contribution < -0.4 is 10.1 Å². The molecule has 3 aromatic heterocycles. The zero-order valence-corrected chi connectivity index (χ0v) is 15.1. The maximum absolute atomic E-state index is 12.3. The summed E-state index contributed by atoms with van der Waals surface area (Å²) < 4.78 is 10.6. The molecule has 8 heteroatoms. The maximum atomic E-state index is 12.3. The average molecular weight is 383 g/mol. The molecule has 3 heterocycles. The predicted octanol–water partition coefficient (Wildman–Crippen LogP) is 2.85. The fraction of sp³-hybridized carbons (Fsp3) is 0.158. The van der Waals surface area contributed by atoms with Gasteiger partial charge in [0.25, 0.3) is 5.91 Å². The van der Waals surface area contributed by atoms with Gasteiger partial charge in [-0.25, -0.2) is 9.78 Å². The predicted molar refractivity (Wildman–Crippen MR) is 99.9 cm³/mol. The second-order valence-corrected chi connectivity index (χ2v) is 6.43. The standard InChI is InChI=1S/C19H17N3O4S/c23-17(21-10-7-15-5-3-11-27-15)13-25-19(24)16-6-2-9-22-18(16)26-14-4-1-8-20-12-14/h1-6,8-9,11-12H,7,10,13H2,(H,21,23). The van der Waals surface area contributed by atoms with Crippen molar-refractivity contribution in [3.05, 3.63) is 70.8 Å². The highest BCUT2D eigenvalue weighted by Gasteiger charge is 2.17. The van der Waals surface area contributed by atoms with E-state index >= 15 is 0 Å². The number of hydrogen-bond donors (Lipinski definition) is 1. The van der Waals surface area contributed by atoms with Gasteiger partial charge in [0.1, 0.15) is 11.3 Å². The number of hydrogen-bond acceptors (Lipinski definition) is 7. The van der Waals surface area contributed by atoms with E-state index in [1.165, 1.54) is 23.3 Å². The Labute approximate surface area is 160 Å². The molecule has 0 radical (unpaired) electrons. The highest BCUT2D eigenvalue weighted by Crippen LogP contribution is 2.22. The van der Waals surface area contributed by atoms with Crippen LogP contribution in [0.5, 0.6) is 11.6 Å². The van der Waals surface area contributed by atoms with Crippen LogP contribution in [0.2, 0.25) is 0 Å². The van der Waals surface area contributed by atoms with Crippen LogP contribution in [0.15, 0.2) is 60.4 Å². The summed E-state index contributed by atoms with van der Waals surface area (Å²) in [6.07, 6.45) is 5.35. The van der Waals surface area contributed by atoms with Gasteiger partial charge in [-0.2, -0.15) is 0 Å². The lowest BCUT2D eigenvalue weighted by Crippen LogP contribution is -2.30. The Morgan fingerprint density at radius 3 is 2.78 bits per heavy atom. The summed E-state index contributed by atoms with van der Waals surface area (Å²) in [4.78, 5) is 33.3. The third kappa shape index (κ3) is 5.61. The molecule has 3 aromatic rings. The zero-order valence-electron chi connectivity index (χ0n) is 14.3. The number of aromatic nitrogens is 2. The summed E-state index contributed by atoms with van der Waals surface area (Å²) in [5.41, 5.74) is 0.132. The minimum atomic E-state index is -0.685. The number of amides is 1. The molecule has 0 bridgehead atoms. The normalized spacial score (nSPS) is 10.2. The molecular weight excluding hydrogens is 366 g/mol. The van der Waals surface area contributed by atoms with Crippen molar-refractivity contribution in [2.24, 2.45) is 0 Å². The largest absolute Gasteiger partial charge is 0.452 e. The molecule has 0 saturated heterocycles. The van der Waals surface area contributed by atoms with E-state index in [2.05, 4.69) is 15.3 Å². The summed E-state index contributed by atoms with van der Waals surface area (Å²) in [5, 5.41) is 4.70. The lowest BCUT2D eigenvalue weighted by atomic mass is 10.3. The van der Waals surface area contributed by atoms with Crippen LogP contribution in [0.1, 0.15) is 15.2 Å². The van der Waals surface area contributed by atoms with Crippen LogP contribution in [0.4, 0.5) is 0 Å². The number of nitrogens with zero attached hydrogens (tertiary/aromatic N) is 2. The lowest BCUT2D eigenvalue weighted by Gasteiger charge is -2.09. The number of ether oxygens (including phenoxy) is 2. The lowest BCUT2D eigenvalue weighted by molar-refractivity contribution is -0.124. The van der Waals surface area contributed by atoms with Crippen LogP contribution in [0, 0.1) is 0 Å². The van der Waals surface area contributed by atoms with Crippen molar-refractivity contribution in [3.63, 3.8) is 0 Å². The first kappa shape index (κ1) is 18.5. The summed E-state index contributed by atoms with van der Waals surface area (Å²) in [6.45, 7) is 0.115. The molecule has 0 aliphatic rings. The molecule has 27 heavy (non-hydrogen) atoms. The molecule has 3 rings (SSSR count). The van der Waals surface area contributed by atoms with Crippen molar-refractivity contribution in [1.82, 2.24) is 15.3 Å². The van der Waals surface area contributed by atoms with Crippen molar-refractivity contribution in [2.45, 2.75) is 6.42 Å². The Morgan fingerprint density at radius 2 is 2.00 bits per heavy atom. The van der Waals surface area contributed by atoms with E-state index in [0.717, 1.165) is 6.42 Å². The van der Waals surface area contributed by atoms with Crippen LogP contribution in [0.3, 0.4) is 0 Å². The van der Waals surface area contributed by atoms with Crippen LogP contribution >= 0.6 is 11.3 Å². The second kappa shape index (κ2) is 9.44. The van der Waals surface area contributed by atoms with Crippen molar-refractivity contribution in [1.29, 1.82) is 0 Å². The molecule has 0 saturated carbocycles. The van der Waals surface area contributed by atoms with Crippen molar-refractivity contribution in [3.8, 4) is 11.6 Å². The molecule has 1 amide bonds. The topological polar surface area (TPSA) is 90.4 Å². The van der Waals surface area contributed by atoms with Gasteiger partial charge in [-0.15, -0.1) is 11.3 Å². The molecule has 0 unspecified atom stereocenters. The first-order chi connectivity index (χ1) is 13.2. The molecule has 7 nitrogen and oxygen atoms in total. The van der Waals surface area contributed by atoms with Crippen LogP contribution in [0.25, 0.3) is 0 Å². The number of nitrogens with one attached hydrogen (secondary N) is 1. The number of pyridine rings is 2. The van der Waals surface area contributed by atoms with E-state index in [-0.39, 0.29) is 24.0 Å². The fourth-order valence-electron chi connectivity index (χ4n) is 2.19. The summed E-state index contributed by atoms with van der Waals surface area (Å²) >= 11 is 1.63. The number of carbonyl (C=O) groups excluding carboxylic acids is 2. The molecule has 0 spiro atoms. The Kier molecular flexibility index (Phi) is 6.48. The minimum absolute atomic E-state index is 0.0913. The highest BCUT2D eigenvalue weighted by atomic mass is 32.1. The van der Waals surface area contributed by atoms with Gasteiger partial charge in [-0.05, 0) is 42.1 Å². The maximum Gasteiger partial charge on any atom is 0.344 e. The molecule has 0 fully saturated rings. The first-order valence-electron chi connectivity index (χ1n) is 8.21. The molecule has 0 aliphatic carbocycles. The van der Waals surface area contributed by atoms with Crippen LogP contribution in [-0.4, -0.2) is 35.0 Å². The quantitative estimate of drug-likeness (QED) is 0.602. The highest BCUT2D eigenvalue weighted by molar-refractivity contribution is 7.09. The van der Waals surface area contributed by atoms with E-state index < -0.39 is 5.97 Å². The fourth-order valence-corrected chi connectivity index (χ4v) is 2.90. The number of carbonyl (C=O) groups is 2.